The lowest BCUT2D eigenvalue weighted by Crippen LogP contribution is -2.34. The molecule has 5 heteroatoms. The number of benzene rings is 1. The molecular weight excluding hydrogens is 378 g/mol. The minimum absolute atomic E-state index is 0.130. The molecule has 0 bridgehead atoms. The molecule has 5 nitrogen and oxygen atoms in total. The van der Waals surface area contributed by atoms with E-state index in [9.17, 15) is 4.79 Å². The van der Waals surface area contributed by atoms with Crippen molar-refractivity contribution in [3.63, 3.8) is 0 Å². The van der Waals surface area contributed by atoms with Crippen molar-refractivity contribution in [1.82, 2.24) is 5.48 Å². The van der Waals surface area contributed by atoms with Crippen molar-refractivity contribution in [3.8, 4) is 11.5 Å². The third kappa shape index (κ3) is 6.36. The average molecular weight is 414 g/mol. The van der Waals surface area contributed by atoms with Crippen molar-refractivity contribution in [1.29, 1.82) is 0 Å². The van der Waals surface area contributed by atoms with Gasteiger partial charge in [0.05, 0.1) is 0 Å². The van der Waals surface area contributed by atoms with Gasteiger partial charge in [-0.3, -0.25) is 10.0 Å². The minimum Gasteiger partial charge on any atom is -0.454 e. The van der Waals surface area contributed by atoms with Gasteiger partial charge in [0.2, 0.25) is 12.7 Å². The Bertz CT molecular complexity index is 743. The van der Waals surface area contributed by atoms with Crippen molar-refractivity contribution >= 4 is 5.91 Å². The van der Waals surface area contributed by atoms with Gasteiger partial charge in [0, 0.05) is 5.92 Å². The summed E-state index contributed by atoms with van der Waals surface area (Å²) in [6.07, 6.45) is 19.0. The number of unbranched alkanes of at least 4 members (excludes halogenated alkanes) is 5. The molecule has 2 N–H and O–H groups in total. The van der Waals surface area contributed by atoms with Crippen LogP contribution < -0.4 is 15.0 Å². The van der Waals surface area contributed by atoms with Gasteiger partial charge in [-0.1, -0.05) is 62.6 Å². The van der Waals surface area contributed by atoms with Crippen molar-refractivity contribution < 1.29 is 19.5 Å². The average Bonchev–Trinajstić information content (AvgIpc) is 3.25. The zero-order valence-corrected chi connectivity index (χ0v) is 18.0. The molecule has 2 aliphatic rings. The van der Waals surface area contributed by atoms with Gasteiger partial charge in [-0.25, -0.2) is 5.48 Å². The Morgan fingerprint density at radius 3 is 2.83 bits per heavy atom. The predicted molar refractivity (Wildman–Crippen MR) is 118 cm³/mol. The van der Waals surface area contributed by atoms with Crippen LogP contribution in [0, 0.1) is 17.8 Å². The molecule has 0 saturated heterocycles. The van der Waals surface area contributed by atoms with E-state index in [2.05, 4.69) is 30.4 Å². The van der Waals surface area contributed by atoms with Gasteiger partial charge in [-0.05, 0) is 62.0 Å². The molecule has 3 unspecified atom stereocenters. The number of hydroxylamine groups is 1. The Morgan fingerprint density at radius 2 is 1.97 bits per heavy atom. The number of ether oxygens (including phenoxy) is 2. The topological polar surface area (TPSA) is 67.8 Å². The second-order valence-electron chi connectivity index (χ2n) is 8.49. The van der Waals surface area contributed by atoms with Crippen LogP contribution in [0.4, 0.5) is 0 Å². The predicted octanol–water partition coefficient (Wildman–Crippen LogP) is 5.58. The van der Waals surface area contributed by atoms with Crippen molar-refractivity contribution in [2.45, 2.75) is 64.7 Å². The number of amides is 1. The first kappa shape index (κ1) is 22.4. The molecule has 1 aliphatic carbocycles. The van der Waals surface area contributed by atoms with Gasteiger partial charge in [0.25, 0.3) is 0 Å². The zero-order valence-electron chi connectivity index (χ0n) is 18.0. The van der Waals surface area contributed by atoms with Crippen LogP contribution in [-0.4, -0.2) is 17.9 Å². The SMILES string of the molecule is CC1C=CC(CC=CCCCCCCCc2cccc3c2OCO3)CC1C(=O)NO. The van der Waals surface area contributed by atoms with E-state index in [0.717, 1.165) is 37.2 Å². The molecular formula is C25H35NO4. The molecule has 0 fully saturated rings. The number of allylic oxidation sites excluding steroid dienone is 4. The monoisotopic (exact) mass is 413 g/mol. The fraction of sp³-hybridized carbons (Fsp3) is 0.560. The van der Waals surface area contributed by atoms with Crippen LogP contribution >= 0.6 is 0 Å². The molecule has 0 aromatic heterocycles. The van der Waals surface area contributed by atoms with Crippen LogP contribution in [0.1, 0.15) is 63.9 Å². The second-order valence-corrected chi connectivity index (χ2v) is 8.49. The molecule has 0 saturated carbocycles. The molecule has 1 aliphatic heterocycles. The summed E-state index contributed by atoms with van der Waals surface area (Å²) >= 11 is 0. The molecule has 3 atom stereocenters. The molecule has 1 aromatic rings. The number of rotatable bonds is 11. The number of hydrogen-bond acceptors (Lipinski definition) is 4. The van der Waals surface area contributed by atoms with Gasteiger partial charge in [-0.2, -0.15) is 0 Å². The highest BCUT2D eigenvalue weighted by atomic mass is 16.7. The highest BCUT2D eigenvalue weighted by molar-refractivity contribution is 5.78. The van der Waals surface area contributed by atoms with Gasteiger partial charge < -0.3 is 9.47 Å². The van der Waals surface area contributed by atoms with Crippen LogP contribution in [0.2, 0.25) is 0 Å². The van der Waals surface area contributed by atoms with E-state index >= 15 is 0 Å². The maximum absolute atomic E-state index is 11.8. The number of aryl methyl sites for hydroxylation is 1. The number of carbonyl (C=O) groups excluding carboxylic acids is 1. The lowest BCUT2D eigenvalue weighted by atomic mass is 9.78. The Kier molecular flexibility index (Phi) is 8.81. The van der Waals surface area contributed by atoms with E-state index in [1.165, 1.54) is 37.7 Å². The number of nitrogens with one attached hydrogen (secondary N) is 1. The largest absolute Gasteiger partial charge is 0.454 e. The highest BCUT2D eigenvalue weighted by Crippen LogP contribution is 2.36. The zero-order chi connectivity index (χ0) is 21.2. The smallest absolute Gasteiger partial charge is 0.247 e. The van der Waals surface area contributed by atoms with Gasteiger partial charge in [0.15, 0.2) is 11.5 Å². The lowest BCUT2D eigenvalue weighted by molar-refractivity contribution is -0.135. The first-order valence-corrected chi connectivity index (χ1v) is 11.3. The summed E-state index contributed by atoms with van der Waals surface area (Å²) in [5.74, 6) is 1.99. The number of carbonyl (C=O) groups is 1. The van der Waals surface area contributed by atoms with E-state index in [4.69, 9.17) is 14.7 Å². The molecule has 0 spiro atoms. The third-order valence-corrected chi connectivity index (χ3v) is 6.23. The third-order valence-electron chi connectivity index (χ3n) is 6.23. The molecule has 3 rings (SSSR count). The second kappa shape index (κ2) is 11.8. The van der Waals surface area contributed by atoms with Gasteiger partial charge in [-0.15, -0.1) is 0 Å². The van der Waals surface area contributed by atoms with Crippen molar-refractivity contribution in [2.75, 3.05) is 6.79 Å². The molecule has 164 valence electrons. The van der Waals surface area contributed by atoms with Crippen LogP contribution in [0.3, 0.4) is 0 Å². The Balaban J connectivity index is 1.23. The van der Waals surface area contributed by atoms with Crippen LogP contribution in [0.5, 0.6) is 11.5 Å². The minimum atomic E-state index is -0.265. The number of hydrogen-bond donors (Lipinski definition) is 2. The summed E-state index contributed by atoms with van der Waals surface area (Å²) in [6.45, 7) is 2.37. The van der Waals surface area contributed by atoms with Crippen LogP contribution in [-0.2, 0) is 11.2 Å². The summed E-state index contributed by atoms with van der Waals surface area (Å²) in [5, 5.41) is 8.89. The number of fused-ring (bicyclic) bond motifs is 1. The fourth-order valence-corrected chi connectivity index (χ4v) is 4.37. The van der Waals surface area contributed by atoms with Crippen molar-refractivity contribution in [3.05, 3.63) is 48.1 Å². The van der Waals surface area contributed by atoms with E-state index in [0.29, 0.717) is 12.7 Å². The maximum atomic E-state index is 11.8. The van der Waals surface area contributed by atoms with Gasteiger partial charge >= 0.3 is 0 Å². The first-order chi connectivity index (χ1) is 14.7. The summed E-state index contributed by atoms with van der Waals surface area (Å²) in [6, 6.07) is 6.15. The fourth-order valence-electron chi connectivity index (χ4n) is 4.37. The summed E-state index contributed by atoms with van der Waals surface area (Å²) in [4.78, 5) is 11.8. The van der Waals surface area contributed by atoms with Crippen molar-refractivity contribution in [2.24, 2.45) is 17.8 Å². The Labute approximate surface area is 180 Å². The van der Waals surface area contributed by atoms with E-state index in [1.807, 2.05) is 24.5 Å². The maximum Gasteiger partial charge on any atom is 0.247 e. The standard InChI is InChI=1S/C25H35NO4/c1-19-15-16-20(17-22(19)25(27)26-28)11-8-6-4-2-3-5-7-9-12-21-13-10-14-23-24(21)30-18-29-23/h6,8,10,13-16,19-20,22,28H,2-5,7,9,11-12,17-18H2,1H3,(H,26,27). The Hall–Kier alpha value is -2.27. The number of para-hydroxylation sites is 1. The summed E-state index contributed by atoms with van der Waals surface area (Å²) < 4.78 is 11.0. The first-order valence-electron chi connectivity index (χ1n) is 11.3. The molecule has 30 heavy (non-hydrogen) atoms. The normalized spacial score (nSPS) is 22.5. The van der Waals surface area contributed by atoms with E-state index in [-0.39, 0.29) is 17.7 Å². The van der Waals surface area contributed by atoms with Gasteiger partial charge in [0.1, 0.15) is 0 Å². The van der Waals surface area contributed by atoms with E-state index < -0.39 is 0 Å². The van der Waals surface area contributed by atoms with Crippen LogP contribution in [0.25, 0.3) is 0 Å². The lowest BCUT2D eigenvalue weighted by Gasteiger charge is -2.27. The summed E-state index contributed by atoms with van der Waals surface area (Å²) in [7, 11) is 0. The summed E-state index contributed by atoms with van der Waals surface area (Å²) in [5.41, 5.74) is 3.07. The van der Waals surface area contributed by atoms with Crippen LogP contribution in [0.15, 0.2) is 42.5 Å². The highest BCUT2D eigenvalue weighted by Gasteiger charge is 2.28. The quantitative estimate of drug-likeness (QED) is 0.215. The Morgan fingerprint density at radius 1 is 1.13 bits per heavy atom. The molecule has 1 heterocycles. The molecule has 1 amide bonds. The molecule has 0 radical (unpaired) electrons. The molecule has 1 aromatic carbocycles. The van der Waals surface area contributed by atoms with E-state index in [1.54, 1.807) is 0 Å².